The summed E-state index contributed by atoms with van der Waals surface area (Å²) in [5, 5.41) is 19.0. The second kappa shape index (κ2) is 8.11. The lowest BCUT2D eigenvalue weighted by Gasteiger charge is -2.33. The molecular formula is C14H24N4OS. The van der Waals surface area contributed by atoms with Gasteiger partial charge in [-0.05, 0) is 37.3 Å². The zero-order valence-corrected chi connectivity index (χ0v) is 12.8. The molecule has 0 spiro atoms. The fourth-order valence-electron chi connectivity index (χ4n) is 2.37. The van der Waals surface area contributed by atoms with Crippen LogP contribution in [0.1, 0.15) is 19.8 Å². The Balaban J connectivity index is 1.80. The number of aliphatic imine (C=N–C) groups is 1. The number of nitrogens with one attached hydrogen (secondary N) is 2. The molecular weight excluding hydrogens is 272 g/mol. The van der Waals surface area contributed by atoms with Gasteiger partial charge in [0.25, 0.3) is 0 Å². The number of aliphatic hydroxyl groups excluding tert-OH is 1. The lowest BCUT2D eigenvalue weighted by atomic mass is 10.1. The van der Waals surface area contributed by atoms with Crippen molar-refractivity contribution in [1.82, 2.24) is 10.6 Å². The first-order valence-corrected chi connectivity index (χ1v) is 8.15. The third-order valence-electron chi connectivity index (χ3n) is 3.37. The molecule has 5 nitrogen and oxygen atoms in total. The van der Waals surface area contributed by atoms with Crippen LogP contribution in [-0.2, 0) is 0 Å². The molecule has 0 atom stereocenters. The van der Waals surface area contributed by atoms with Crippen LogP contribution in [0.3, 0.4) is 0 Å². The van der Waals surface area contributed by atoms with Crippen molar-refractivity contribution < 1.29 is 5.11 Å². The van der Waals surface area contributed by atoms with Crippen molar-refractivity contribution in [1.29, 1.82) is 0 Å². The van der Waals surface area contributed by atoms with Gasteiger partial charge in [-0.1, -0.05) is 0 Å². The fraction of sp³-hybridized carbons (Fsp3) is 0.643. The highest BCUT2D eigenvalue weighted by molar-refractivity contribution is 7.14. The van der Waals surface area contributed by atoms with E-state index in [-0.39, 0.29) is 6.61 Å². The van der Waals surface area contributed by atoms with Crippen molar-refractivity contribution in [3.63, 3.8) is 0 Å². The van der Waals surface area contributed by atoms with Gasteiger partial charge in [0.2, 0.25) is 0 Å². The Bertz CT molecular complexity index is 399. The minimum Gasteiger partial charge on any atom is -0.394 e. The SMILES string of the molecule is CCNC(=NCCO)NC1CCN(c2cccs2)CC1. The van der Waals surface area contributed by atoms with Crippen LogP contribution in [0.15, 0.2) is 22.5 Å². The molecule has 112 valence electrons. The molecule has 20 heavy (non-hydrogen) atoms. The van der Waals surface area contributed by atoms with Crippen molar-refractivity contribution in [2.24, 2.45) is 4.99 Å². The van der Waals surface area contributed by atoms with E-state index in [9.17, 15) is 0 Å². The Kier molecular flexibility index (Phi) is 6.14. The molecule has 1 saturated heterocycles. The normalized spacial score (nSPS) is 17.3. The first-order valence-electron chi connectivity index (χ1n) is 7.27. The van der Waals surface area contributed by atoms with Crippen molar-refractivity contribution in [2.75, 3.05) is 37.7 Å². The molecule has 0 radical (unpaired) electrons. The van der Waals surface area contributed by atoms with Gasteiger partial charge in [-0.15, -0.1) is 11.3 Å². The lowest BCUT2D eigenvalue weighted by Crippen LogP contribution is -2.48. The van der Waals surface area contributed by atoms with Crippen molar-refractivity contribution in [3.05, 3.63) is 17.5 Å². The van der Waals surface area contributed by atoms with Crippen molar-refractivity contribution in [3.8, 4) is 0 Å². The van der Waals surface area contributed by atoms with E-state index in [1.807, 2.05) is 0 Å². The summed E-state index contributed by atoms with van der Waals surface area (Å²) in [6, 6.07) is 4.75. The standard InChI is InChI=1S/C14H24N4OS/c1-2-15-14(16-7-10-19)17-12-5-8-18(9-6-12)13-4-3-11-20-13/h3-4,11-12,19H,2,5-10H2,1H3,(H2,15,16,17). The summed E-state index contributed by atoms with van der Waals surface area (Å²) in [6.45, 7) is 5.59. The molecule has 1 fully saturated rings. The average molecular weight is 296 g/mol. The highest BCUT2D eigenvalue weighted by atomic mass is 32.1. The van der Waals surface area contributed by atoms with E-state index >= 15 is 0 Å². The zero-order valence-electron chi connectivity index (χ0n) is 12.0. The number of guanidine groups is 1. The average Bonchev–Trinajstić information content (AvgIpc) is 3.00. The monoisotopic (exact) mass is 296 g/mol. The molecule has 0 bridgehead atoms. The second-order valence-corrected chi connectivity index (χ2v) is 5.77. The summed E-state index contributed by atoms with van der Waals surface area (Å²) >= 11 is 1.81. The highest BCUT2D eigenvalue weighted by Gasteiger charge is 2.20. The van der Waals surface area contributed by atoms with Gasteiger partial charge < -0.3 is 20.6 Å². The summed E-state index contributed by atoms with van der Waals surface area (Å²) < 4.78 is 0. The van der Waals surface area contributed by atoms with Crippen LogP contribution in [0.5, 0.6) is 0 Å². The molecule has 1 aliphatic rings. The molecule has 1 aliphatic heterocycles. The quantitative estimate of drug-likeness (QED) is 0.566. The highest BCUT2D eigenvalue weighted by Crippen LogP contribution is 2.24. The van der Waals surface area contributed by atoms with Gasteiger partial charge in [-0.2, -0.15) is 0 Å². The molecule has 3 N–H and O–H groups in total. The Morgan fingerprint density at radius 2 is 2.30 bits per heavy atom. The van der Waals surface area contributed by atoms with Crippen LogP contribution in [0.2, 0.25) is 0 Å². The first-order chi connectivity index (χ1) is 9.83. The van der Waals surface area contributed by atoms with Gasteiger partial charge in [-0.3, -0.25) is 4.99 Å². The number of thiophene rings is 1. The predicted molar refractivity (Wildman–Crippen MR) is 85.8 cm³/mol. The van der Waals surface area contributed by atoms with E-state index in [2.05, 4.69) is 45.0 Å². The Morgan fingerprint density at radius 1 is 1.50 bits per heavy atom. The maximum absolute atomic E-state index is 8.86. The summed E-state index contributed by atoms with van der Waals surface area (Å²) in [5.74, 6) is 0.816. The van der Waals surface area contributed by atoms with E-state index in [1.54, 1.807) is 11.3 Å². The number of hydrogen-bond acceptors (Lipinski definition) is 4. The third-order valence-corrected chi connectivity index (χ3v) is 4.30. The maximum atomic E-state index is 8.86. The second-order valence-electron chi connectivity index (χ2n) is 4.84. The van der Waals surface area contributed by atoms with E-state index in [0.717, 1.165) is 38.4 Å². The van der Waals surface area contributed by atoms with Gasteiger partial charge in [-0.25, -0.2) is 0 Å². The van der Waals surface area contributed by atoms with Crippen LogP contribution in [0, 0.1) is 0 Å². The first kappa shape index (κ1) is 15.1. The minimum atomic E-state index is 0.0907. The predicted octanol–water partition coefficient (Wildman–Crippen LogP) is 1.26. The smallest absolute Gasteiger partial charge is 0.191 e. The summed E-state index contributed by atoms with van der Waals surface area (Å²) in [6.07, 6.45) is 2.23. The molecule has 2 heterocycles. The molecule has 0 aromatic carbocycles. The third kappa shape index (κ3) is 4.38. The van der Waals surface area contributed by atoms with E-state index in [0.29, 0.717) is 12.6 Å². The number of anilines is 1. The Hall–Kier alpha value is -1.27. The van der Waals surface area contributed by atoms with E-state index in [4.69, 9.17) is 5.11 Å². The van der Waals surface area contributed by atoms with Crippen LogP contribution < -0.4 is 15.5 Å². The fourth-order valence-corrected chi connectivity index (χ4v) is 3.15. The van der Waals surface area contributed by atoms with E-state index < -0.39 is 0 Å². The van der Waals surface area contributed by atoms with Crippen LogP contribution >= 0.6 is 11.3 Å². The largest absolute Gasteiger partial charge is 0.394 e. The number of piperidine rings is 1. The van der Waals surface area contributed by atoms with Gasteiger partial charge in [0.05, 0.1) is 18.2 Å². The minimum absolute atomic E-state index is 0.0907. The van der Waals surface area contributed by atoms with Crippen LogP contribution in [0.4, 0.5) is 5.00 Å². The molecule has 1 aromatic heterocycles. The van der Waals surface area contributed by atoms with Gasteiger partial charge in [0, 0.05) is 25.7 Å². The number of rotatable bonds is 5. The summed E-state index contributed by atoms with van der Waals surface area (Å²) in [7, 11) is 0. The molecule has 6 heteroatoms. The topological polar surface area (TPSA) is 59.9 Å². The Labute approximate surface area is 124 Å². The van der Waals surface area contributed by atoms with Crippen molar-refractivity contribution in [2.45, 2.75) is 25.8 Å². The van der Waals surface area contributed by atoms with Gasteiger partial charge >= 0.3 is 0 Å². The summed E-state index contributed by atoms with van der Waals surface area (Å²) in [4.78, 5) is 6.77. The van der Waals surface area contributed by atoms with Crippen LogP contribution in [0.25, 0.3) is 0 Å². The van der Waals surface area contributed by atoms with E-state index in [1.165, 1.54) is 5.00 Å². The number of hydrogen-bond donors (Lipinski definition) is 3. The summed E-state index contributed by atoms with van der Waals surface area (Å²) in [5.41, 5.74) is 0. The molecule has 0 amide bonds. The molecule has 1 aromatic rings. The zero-order chi connectivity index (χ0) is 14.2. The molecule has 2 rings (SSSR count). The maximum Gasteiger partial charge on any atom is 0.191 e. The van der Waals surface area contributed by atoms with Crippen molar-refractivity contribution >= 4 is 22.3 Å². The number of aliphatic hydroxyl groups is 1. The number of nitrogens with zero attached hydrogens (tertiary/aromatic N) is 2. The lowest BCUT2D eigenvalue weighted by molar-refractivity contribution is 0.306. The molecule has 0 aliphatic carbocycles. The molecule has 0 unspecified atom stereocenters. The van der Waals surface area contributed by atoms with Gasteiger partial charge in [0.15, 0.2) is 5.96 Å². The molecule has 0 saturated carbocycles. The Morgan fingerprint density at radius 3 is 2.90 bits per heavy atom. The van der Waals surface area contributed by atoms with Gasteiger partial charge in [0.1, 0.15) is 0 Å². The van der Waals surface area contributed by atoms with Crippen LogP contribution in [-0.4, -0.2) is 49.9 Å².